The van der Waals surface area contributed by atoms with Gasteiger partial charge in [0.2, 0.25) is 0 Å². The number of rotatable bonds is 8. The van der Waals surface area contributed by atoms with Crippen molar-refractivity contribution in [3.63, 3.8) is 0 Å². The molecule has 83 heavy (non-hydrogen) atoms. The molecule has 5 saturated carbocycles. The minimum Gasteiger partial charge on any atom is -0.115 e. The Hall–Kier alpha value is -5.12. The maximum Gasteiger partial charge on any atom is 0.0242 e. The molecular weight excluding hydrogens is 997 g/mol. The fourth-order valence-electron chi connectivity index (χ4n) is 12.9. The first-order valence-corrected chi connectivity index (χ1v) is 33.8. The van der Waals surface area contributed by atoms with Crippen molar-refractivity contribution in [2.24, 2.45) is 53.3 Å². The Morgan fingerprint density at radius 1 is 0.289 bits per heavy atom. The molecule has 0 bridgehead atoms. The first-order valence-electron chi connectivity index (χ1n) is 33.8. The fourth-order valence-corrected chi connectivity index (χ4v) is 12.9. The van der Waals surface area contributed by atoms with Gasteiger partial charge in [-0.25, -0.2) is 0 Å². The van der Waals surface area contributed by atoms with Gasteiger partial charge >= 0.3 is 0 Å². The van der Waals surface area contributed by atoms with Crippen molar-refractivity contribution in [2.75, 3.05) is 0 Å². The van der Waals surface area contributed by atoms with Gasteiger partial charge in [0.1, 0.15) is 0 Å². The maximum absolute atomic E-state index is 5.15. The molecule has 0 N–H and O–H groups in total. The van der Waals surface area contributed by atoms with E-state index in [9.17, 15) is 0 Å². The molecule has 0 aromatic heterocycles. The van der Waals surface area contributed by atoms with Gasteiger partial charge in [-0.05, 0) is 181 Å². The lowest BCUT2D eigenvalue weighted by atomic mass is 9.74. The zero-order valence-electron chi connectivity index (χ0n) is 54.9. The molecule has 6 aromatic rings. The smallest absolute Gasteiger partial charge is 0.0242 e. The van der Waals surface area contributed by atoms with Crippen LogP contribution in [0.15, 0.2) is 152 Å². The molecule has 0 nitrogen and oxygen atoms in total. The zero-order chi connectivity index (χ0) is 59.6. The summed E-state index contributed by atoms with van der Waals surface area (Å²) in [4.78, 5) is 0. The topological polar surface area (TPSA) is 0 Å². The van der Waals surface area contributed by atoms with Crippen molar-refractivity contribution in [1.29, 1.82) is 0 Å². The number of benzene rings is 6. The van der Waals surface area contributed by atoms with Crippen LogP contribution in [-0.2, 0) is 19.3 Å². The van der Waals surface area contributed by atoms with Gasteiger partial charge in [-0.2, -0.15) is 0 Å². The normalized spacial score (nSPS) is 23.0. The first kappa shape index (κ1) is 68.7. The van der Waals surface area contributed by atoms with Crippen LogP contribution in [0.25, 0.3) is 0 Å². The van der Waals surface area contributed by atoms with Crippen LogP contribution in [0, 0.1) is 107 Å². The molecule has 0 atom stereocenters. The fraction of sp³-hybridized carbons (Fsp3) is 0.542. The molecule has 5 aliphatic rings. The summed E-state index contributed by atoms with van der Waals surface area (Å²) in [5.41, 5.74) is 14.7. The van der Waals surface area contributed by atoms with Crippen molar-refractivity contribution >= 4 is 0 Å². The van der Waals surface area contributed by atoms with Crippen LogP contribution in [-0.4, -0.2) is 0 Å². The molecule has 0 heterocycles. The lowest BCUT2D eigenvalue weighted by Gasteiger charge is -2.32. The molecular formula is C83H118. The first-order chi connectivity index (χ1) is 40.1. The number of aryl methyl sites for hydroxylation is 6. The Kier molecular flexibility index (Phi) is 32.7. The number of hydrogen-bond acceptors (Lipinski definition) is 0. The van der Waals surface area contributed by atoms with Crippen LogP contribution >= 0.6 is 0 Å². The Morgan fingerprint density at radius 3 is 0.819 bits per heavy atom. The van der Waals surface area contributed by atoms with Crippen molar-refractivity contribution in [3.05, 3.63) is 213 Å². The molecule has 0 aliphatic heterocycles. The van der Waals surface area contributed by atoms with E-state index in [1.165, 1.54) is 203 Å². The Morgan fingerprint density at radius 2 is 0.554 bits per heavy atom. The number of terminal acetylenes is 1. The molecule has 0 saturated heterocycles. The van der Waals surface area contributed by atoms with Gasteiger partial charge in [-0.15, -0.1) is 6.42 Å². The predicted molar refractivity (Wildman–Crippen MR) is 367 cm³/mol. The van der Waals surface area contributed by atoms with Crippen molar-refractivity contribution in [1.82, 2.24) is 0 Å². The van der Waals surface area contributed by atoms with E-state index in [1.54, 1.807) is 6.42 Å². The molecule has 450 valence electrons. The van der Waals surface area contributed by atoms with Gasteiger partial charge in [0.15, 0.2) is 0 Å². The third-order valence-corrected chi connectivity index (χ3v) is 19.2. The summed E-state index contributed by atoms with van der Waals surface area (Å²) in [6.45, 7) is 24.7. The highest BCUT2D eigenvalue weighted by Crippen LogP contribution is 2.38. The zero-order valence-corrected chi connectivity index (χ0v) is 54.9. The van der Waals surface area contributed by atoms with Crippen molar-refractivity contribution in [3.8, 4) is 12.3 Å². The van der Waals surface area contributed by atoms with Crippen molar-refractivity contribution in [2.45, 2.75) is 237 Å². The molecule has 0 unspecified atom stereocenters. The number of hydrogen-bond donors (Lipinski definition) is 0. The highest BCUT2D eigenvalue weighted by atomic mass is 14.3. The van der Waals surface area contributed by atoms with Crippen LogP contribution < -0.4 is 0 Å². The van der Waals surface area contributed by atoms with E-state index in [2.05, 4.69) is 184 Å². The van der Waals surface area contributed by atoms with E-state index >= 15 is 0 Å². The van der Waals surface area contributed by atoms with Gasteiger partial charge in [-0.1, -0.05) is 323 Å². The Bertz CT molecular complexity index is 2420. The third kappa shape index (κ3) is 30.5. The van der Waals surface area contributed by atoms with Crippen LogP contribution in [0.5, 0.6) is 0 Å². The van der Waals surface area contributed by atoms with E-state index in [0.717, 1.165) is 65.2 Å². The molecule has 0 amide bonds. The van der Waals surface area contributed by atoms with Gasteiger partial charge < -0.3 is 0 Å². The summed E-state index contributed by atoms with van der Waals surface area (Å²) in [7, 11) is 0. The maximum atomic E-state index is 5.15. The molecule has 5 fully saturated rings. The molecule has 5 aliphatic carbocycles. The second kappa shape index (κ2) is 39.5. The van der Waals surface area contributed by atoms with Gasteiger partial charge in [0.05, 0.1) is 0 Å². The van der Waals surface area contributed by atoms with Gasteiger partial charge in [-0.3, -0.25) is 0 Å². The largest absolute Gasteiger partial charge is 0.115 e. The lowest BCUT2D eigenvalue weighted by Crippen LogP contribution is -2.19. The SMILES string of the molecule is C#Cc1ccc(C)cc1.CC1CCC(CC2CCC(C)CC2)CC1.CC1CCCCC1.Cc1ccc(CC2CCC(C)CC2)cc1.Cc1ccc(CC2CCC(C)CC2)cc1.Cc1ccc(Cc2ccc(C)cc2)cc1.Cc1ccccc1. The summed E-state index contributed by atoms with van der Waals surface area (Å²) in [5, 5.41) is 0. The monoisotopic (exact) mass is 1110 g/mol. The molecule has 0 radical (unpaired) electrons. The Balaban J connectivity index is 0.000000181. The van der Waals surface area contributed by atoms with Gasteiger partial charge in [0, 0.05) is 5.56 Å². The molecule has 11 rings (SSSR count). The van der Waals surface area contributed by atoms with Crippen LogP contribution in [0.2, 0.25) is 0 Å². The lowest BCUT2D eigenvalue weighted by molar-refractivity contribution is 0.201. The molecule has 0 heteroatoms. The van der Waals surface area contributed by atoms with E-state index in [1.807, 2.05) is 49.4 Å². The van der Waals surface area contributed by atoms with E-state index < -0.39 is 0 Å². The average Bonchev–Trinajstić information content (AvgIpc) is 3.53. The van der Waals surface area contributed by atoms with Gasteiger partial charge in [0.25, 0.3) is 0 Å². The second-order valence-corrected chi connectivity index (χ2v) is 27.7. The molecule has 0 spiro atoms. The molecule has 6 aromatic carbocycles. The van der Waals surface area contributed by atoms with Crippen LogP contribution in [0.4, 0.5) is 0 Å². The summed E-state index contributed by atoms with van der Waals surface area (Å²) in [6.07, 6.45) is 41.5. The minimum absolute atomic E-state index is 0.945. The average molecular weight is 1120 g/mol. The van der Waals surface area contributed by atoms with Crippen LogP contribution in [0.3, 0.4) is 0 Å². The standard InChI is InChI=1S/C15H28.2C15H22.C15H16.C9H8.C7H14.C7H8/c4*1-12-3-7-14(8-4-12)11-15-9-5-13(2)6-10-15;1-3-9-6-4-8(2)5-7-9;2*1-7-5-3-2-4-6-7/h12-15H,3-11H2,1-2H3;2*3-4,7-8,13,15H,5-6,9-11H2,1-2H3;3-10H,11H2,1-2H3;1,4-7H,2H3;7H,2-6H2,1H3;2-6H,1H3. The minimum atomic E-state index is 0.945. The summed E-state index contributed by atoms with van der Waals surface area (Å²) in [5.74, 6) is 11.7. The van der Waals surface area contributed by atoms with E-state index in [0.29, 0.717) is 0 Å². The highest BCUT2D eigenvalue weighted by Gasteiger charge is 2.25. The van der Waals surface area contributed by atoms with Crippen LogP contribution in [0.1, 0.15) is 237 Å². The third-order valence-electron chi connectivity index (χ3n) is 19.2. The van der Waals surface area contributed by atoms with E-state index in [-0.39, 0.29) is 0 Å². The summed E-state index contributed by atoms with van der Waals surface area (Å²) >= 11 is 0. The predicted octanol–water partition coefficient (Wildman–Crippen LogP) is 24.2. The Labute approximate surface area is 512 Å². The summed E-state index contributed by atoms with van der Waals surface area (Å²) in [6, 6.07) is 53.8. The van der Waals surface area contributed by atoms with Crippen molar-refractivity contribution < 1.29 is 0 Å². The highest BCUT2D eigenvalue weighted by molar-refractivity contribution is 5.34. The summed E-state index contributed by atoms with van der Waals surface area (Å²) < 4.78 is 0. The van der Waals surface area contributed by atoms with E-state index in [4.69, 9.17) is 6.42 Å². The quantitative estimate of drug-likeness (QED) is 0.133. The second-order valence-electron chi connectivity index (χ2n) is 27.7.